The number of fused-ring (bicyclic) bond motifs is 1. The summed E-state index contributed by atoms with van der Waals surface area (Å²) in [5.41, 5.74) is 8.29. The standard InChI is InChI=1S/C13H16N2S/c14-6-9-1-4-12-10(7-15-11-2-3-11)8-16-13(12)5-9/h1,4-5,8,11,15H,2-3,6-7,14H2. The maximum Gasteiger partial charge on any atom is 0.0349 e. The van der Waals surface area contributed by atoms with E-state index >= 15 is 0 Å². The fourth-order valence-electron chi connectivity index (χ4n) is 1.93. The van der Waals surface area contributed by atoms with Crippen LogP contribution in [-0.4, -0.2) is 6.04 Å². The van der Waals surface area contributed by atoms with Gasteiger partial charge in [0.15, 0.2) is 0 Å². The number of nitrogens with two attached hydrogens (primary N) is 1. The van der Waals surface area contributed by atoms with E-state index in [4.69, 9.17) is 5.73 Å². The fraction of sp³-hybridized carbons (Fsp3) is 0.385. The Morgan fingerprint density at radius 1 is 1.38 bits per heavy atom. The van der Waals surface area contributed by atoms with Crippen molar-refractivity contribution in [2.75, 3.05) is 0 Å². The third-order valence-corrected chi connectivity index (χ3v) is 4.11. The summed E-state index contributed by atoms with van der Waals surface area (Å²) in [5, 5.41) is 7.21. The summed E-state index contributed by atoms with van der Waals surface area (Å²) in [7, 11) is 0. The molecule has 1 aromatic carbocycles. The molecular formula is C13H16N2S. The van der Waals surface area contributed by atoms with E-state index in [0.29, 0.717) is 6.54 Å². The molecule has 3 rings (SSSR count). The van der Waals surface area contributed by atoms with Gasteiger partial charge in [-0.25, -0.2) is 0 Å². The molecule has 0 unspecified atom stereocenters. The van der Waals surface area contributed by atoms with Crippen LogP contribution in [0.25, 0.3) is 10.1 Å². The predicted molar refractivity (Wildman–Crippen MR) is 69.6 cm³/mol. The molecule has 2 aromatic rings. The molecule has 16 heavy (non-hydrogen) atoms. The molecule has 3 N–H and O–H groups in total. The zero-order valence-corrected chi connectivity index (χ0v) is 10.0. The Bertz CT molecular complexity index is 500. The van der Waals surface area contributed by atoms with Crippen LogP contribution in [0.1, 0.15) is 24.0 Å². The van der Waals surface area contributed by atoms with Crippen LogP contribution in [0.5, 0.6) is 0 Å². The van der Waals surface area contributed by atoms with Gasteiger partial charge in [-0.05, 0) is 40.8 Å². The normalized spacial score (nSPS) is 15.8. The Labute approximate surface area is 99.5 Å². The Hall–Kier alpha value is -0.900. The molecule has 0 amide bonds. The SMILES string of the molecule is NCc1ccc2c(CNC3CC3)csc2c1. The predicted octanol–water partition coefficient (Wildman–Crippen LogP) is 2.61. The van der Waals surface area contributed by atoms with Gasteiger partial charge in [-0.1, -0.05) is 12.1 Å². The van der Waals surface area contributed by atoms with Crippen LogP contribution in [0.2, 0.25) is 0 Å². The summed E-state index contributed by atoms with van der Waals surface area (Å²) in [6, 6.07) is 7.33. The van der Waals surface area contributed by atoms with Crippen LogP contribution in [0.15, 0.2) is 23.6 Å². The number of hydrogen-bond acceptors (Lipinski definition) is 3. The van der Waals surface area contributed by atoms with Crippen molar-refractivity contribution in [3.63, 3.8) is 0 Å². The van der Waals surface area contributed by atoms with Gasteiger partial charge in [-0.3, -0.25) is 0 Å². The van der Waals surface area contributed by atoms with Gasteiger partial charge in [0.2, 0.25) is 0 Å². The van der Waals surface area contributed by atoms with Crippen molar-refractivity contribution in [2.45, 2.75) is 32.0 Å². The Balaban J connectivity index is 1.87. The maximum absolute atomic E-state index is 5.65. The van der Waals surface area contributed by atoms with Gasteiger partial charge in [-0.2, -0.15) is 0 Å². The maximum atomic E-state index is 5.65. The van der Waals surface area contributed by atoms with E-state index < -0.39 is 0 Å². The van der Waals surface area contributed by atoms with Gasteiger partial charge >= 0.3 is 0 Å². The zero-order chi connectivity index (χ0) is 11.0. The van der Waals surface area contributed by atoms with E-state index in [2.05, 4.69) is 28.9 Å². The lowest BCUT2D eigenvalue weighted by Gasteiger charge is -2.02. The lowest BCUT2D eigenvalue weighted by molar-refractivity contribution is 0.692. The van der Waals surface area contributed by atoms with Crippen LogP contribution >= 0.6 is 11.3 Å². The molecule has 0 bridgehead atoms. The molecular weight excluding hydrogens is 216 g/mol. The number of thiophene rings is 1. The highest BCUT2D eigenvalue weighted by Crippen LogP contribution is 2.28. The Morgan fingerprint density at radius 3 is 3.00 bits per heavy atom. The first-order chi connectivity index (χ1) is 7.86. The molecule has 1 aliphatic rings. The van der Waals surface area contributed by atoms with E-state index in [-0.39, 0.29) is 0 Å². The number of nitrogens with one attached hydrogen (secondary N) is 1. The summed E-state index contributed by atoms with van der Waals surface area (Å²) >= 11 is 1.82. The van der Waals surface area contributed by atoms with Crippen molar-refractivity contribution in [1.29, 1.82) is 0 Å². The summed E-state index contributed by atoms with van der Waals surface area (Å²) in [6.45, 7) is 1.64. The molecule has 0 atom stereocenters. The minimum absolute atomic E-state index is 0.628. The van der Waals surface area contributed by atoms with Crippen molar-refractivity contribution in [2.24, 2.45) is 5.73 Å². The molecule has 1 aromatic heterocycles. The third-order valence-electron chi connectivity index (χ3n) is 3.11. The smallest absolute Gasteiger partial charge is 0.0349 e. The fourth-order valence-corrected chi connectivity index (χ4v) is 2.96. The van der Waals surface area contributed by atoms with Gasteiger partial charge in [0.25, 0.3) is 0 Å². The summed E-state index contributed by atoms with van der Waals surface area (Å²) in [4.78, 5) is 0. The zero-order valence-electron chi connectivity index (χ0n) is 9.20. The lowest BCUT2D eigenvalue weighted by Crippen LogP contribution is -2.14. The van der Waals surface area contributed by atoms with Crippen molar-refractivity contribution in [3.8, 4) is 0 Å². The molecule has 84 valence electrons. The molecule has 3 heteroatoms. The molecule has 1 fully saturated rings. The number of rotatable bonds is 4. The summed E-state index contributed by atoms with van der Waals surface area (Å²) < 4.78 is 1.36. The second-order valence-corrected chi connectivity index (χ2v) is 5.36. The minimum atomic E-state index is 0.628. The van der Waals surface area contributed by atoms with Crippen molar-refractivity contribution >= 4 is 21.4 Å². The van der Waals surface area contributed by atoms with Crippen molar-refractivity contribution < 1.29 is 0 Å². The monoisotopic (exact) mass is 232 g/mol. The van der Waals surface area contributed by atoms with E-state index in [1.165, 1.54) is 34.1 Å². The van der Waals surface area contributed by atoms with Gasteiger partial charge in [0, 0.05) is 23.8 Å². The minimum Gasteiger partial charge on any atom is -0.326 e. The van der Waals surface area contributed by atoms with Gasteiger partial charge in [-0.15, -0.1) is 11.3 Å². The first-order valence-corrected chi connectivity index (χ1v) is 6.67. The van der Waals surface area contributed by atoms with Crippen LogP contribution in [0, 0.1) is 0 Å². The van der Waals surface area contributed by atoms with Gasteiger partial charge < -0.3 is 11.1 Å². The second kappa shape index (κ2) is 4.17. The van der Waals surface area contributed by atoms with Crippen LogP contribution in [0.3, 0.4) is 0 Å². The topological polar surface area (TPSA) is 38.0 Å². The first kappa shape index (κ1) is 10.3. The quantitative estimate of drug-likeness (QED) is 0.850. The highest BCUT2D eigenvalue weighted by atomic mass is 32.1. The van der Waals surface area contributed by atoms with Crippen molar-refractivity contribution in [3.05, 3.63) is 34.7 Å². The van der Waals surface area contributed by atoms with E-state index in [1.807, 2.05) is 11.3 Å². The van der Waals surface area contributed by atoms with Gasteiger partial charge in [0.05, 0.1) is 0 Å². The average molecular weight is 232 g/mol. The third kappa shape index (κ3) is 1.98. The molecule has 1 heterocycles. The number of benzene rings is 1. The van der Waals surface area contributed by atoms with Crippen molar-refractivity contribution in [1.82, 2.24) is 5.32 Å². The summed E-state index contributed by atoms with van der Waals surface area (Å²) in [5.74, 6) is 0. The lowest BCUT2D eigenvalue weighted by atomic mass is 10.1. The molecule has 1 aliphatic carbocycles. The van der Waals surface area contributed by atoms with E-state index in [9.17, 15) is 0 Å². The van der Waals surface area contributed by atoms with E-state index in [1.54, 1.807) is 0 Å². The average Bonchev–Trinajstić information content (AvgIpc) is 3.06. The molecule has 0 spiro atoms. The molecule has 0 radical (unpaired) electrons. The number of hydrogen-bond donors (Lipinski definition) is 2. The van der Waals surface area contributed by atoms with Crippen LogP contribution < -0.4 is 11.1 Å². The van der Waals surface area contributed by atoms with Crippen LogP contribution in [-0.2, 0) is 13.1 Å². The van der Waals surface area contributed by atoms with Crippen LogP contribution in [0.4, 0.5) is 0 Å². The highest BCUT2D eigenvalue weighted by molar-refractivity contribution is 7.17. The molecule has 1 saturated carbocycles. The molecule has 0 saturated heterocycles. The largest absolute Gasteiger partial charge is 0.326 e. The molecule has 2 nitrogen and oxygen atoms in total. The summed E-state index contributed by atoms with van der Waals surface area (Å²) in [6.07, 6.45) is 2.69. The van der Waals surface area contributed by atoms with E-state index in [0.717, 1.165) is 12.6 Å². The molecule has 0 aliphatic heterocycles. The Morgan fingerprint density at radius 2 is 2.25 bits per heavy atom. The second-order valence-electron chi connectivity index (χ2n) is 4.45. The van der Waals surface area contributed by atoms with Gasteiger partial charge in [0.1, 0.15) is 0 Å². The first-order valence-electron chi connectivity index (χ1n) is 5.79. The highest BCUT2D eigenvalue weighted by Gasteiger charge is 2.20. The Kier molecular flexibility index (Phi) is 2.67.